The van der Waals surface area contributed by atoms with Gasteiger partial charge in [0.2, 0.25) is 0 Å². The average Bonchev–Trinajstić information content (AvgIpc) is 2.48. The summed E-state index contributed by atoms with van der Waals surface area (Å²) in [5, 5.41) is 3.53. The van der Waals surface area contributed by atoms with Gasteiger partial charge in [-0.3, -0.25) is 0 Å². The van der Waals surface area contributed by atoms with Crippen LogP contribution < -0.4 is 10.2 Å². The van der Waals surface area contributed by atoms with Crippen LogP contribution in [0.1, 0.15) is 51.5 Å². The molecule has 21 heavy (non-hydrogen) atoms. The highest BCUT2D eigenvalue weighted by Gasteiger charge is 2.17. The van der Waals surface area contributed by atoms with Crippen molar-refractivity contribution in [1.82, 2.24) is 10.3 Å². The van der Waals surface area contributed by atoms with E-state index in [4.69, 9.17) is 0 Å². The predicted octanol–water partition coefficient (Wildman–Crippen LogP) is 3.84. The molecule has 0 aliphatic heterocycles. The van der Waals surface area contributed by atoms with Crippen LogP contribution in [-0.4, -0.2) is 25.1 Å². The van der Waals surface area contributed by atoms with Gasteiger partial charge < -0.3 is 10.2 Å². The van der Waals surface area contributed by atoms with Gasteiger partial charge in [0.25, 0.3) is 0 Å². The summed E-state index contributed by atoms with van der Waals surface area (Å²) in [7, 11) is 2.20. The third-order valence-electron chi connectivity index (χ3n) is 4.35. The highest BCUT2D eigenvalue weighted by molar-refractivity contribution is 5.45. The molecule has 1 heterocycles. The van der Waals surface area contributed by atoms with Crippen LogP contribution in [-0.2, 0) is 6.54 Å². The van der Waals surface area contributed by atoms with E-state index in [1.165, 1.54) is 37.7 Å². The molecule has 0 unspecified atom stereocenters. The van der Waals surface area contributed by atoms with Crippen LogP contribution in [0.3, 0.4) is 0 Å². The van der Waals surface area contributed by atoms with Crippen molar-refractivity contribution in [3.05, 3.63) is 23.9 Å². The minimum Gasteiger partial charge on any atom is -0.359 e. The van der Waals surface area contributed by atoms with Crippen LogP contribution in [0.5, 0.6) is 0 Å². The van der Waals surface area contributed by atoms with Crippen LogP contribution in [0.25, 0.3) is 0 Å². The van der Waals surface area contributed by atoms with E-state index in [9.17, 15) is 0 Å². The second-order valence-electron chi connectivity index (χ2n) is 6.90. The van der Waals surface area contributed by atoms with Crippen molar-refractivity contribution in [1.29, 1.82) is 0 Å². The quantitative estimate of drug-likeness (QED) is 0.826. The molecule has 0 saturated heterocycles. The average molecular weight is 289 g/mol. The maximum atomic E-state index is 4.63. The first-order chi connectivity index (χ1) is 10.2. The summed E-state index contributed by atoms with van der Waals surface area (Å²) in [5.74, 6) is 2.69. The molecule has 1 fully saturated rings. The number of nitrogens with zero attached hydrogens (tertiary/aromatic N) is 2. The Hall–Kier alpha value is -1.09. The Bertz CT molecular complexity index is 411. The maximum absolute atomic E-state index is 4.63. The number of aromatic nitrogens is 1. The predicted molar refractivity (Wildman–Crippen MR) is 90.6 cm³/mol. The molecule has 3 heteroatoms. The Morgan fingerprint density at radius 1 is 1.29 bits per heavy atom. The molecule has 3 nitrogen and oxygen atoms in total. The summed E-state index contributed by atoms with van der Waals surface area (Å²) in [5.41, 5.74) is 1.32. The van der Waals surface area contributed by atoms with Crippen molar-refractivity contribution in [3.63, 3.8) is 0 Å². The first-order valence-corrected chi connectivity index (χ1v) is 8.52. The summed E-state index contributed by atoms with van der Waals surface area (Å²) in [6, 6.07) is 4.25. The van der Waals surface area contributed by atoms with Gasteiger partial charge in [-0.2, -0.15) is 0 Å². The third kappa shape index (κ3) is 5.31. The molecule has 2 rings (SSSR count). The molecule has 0 atom stereocenters. The molecular formula is C18H31N3. The molecule has 0 bridgehead atoms. The number of nitrogens with one attached hydrogen (secondary N) is 1. The van der Waals surface area contributed by atoms with Gasteiger partial charge in [0.15, 0.2) is 0 Å². The van der Waals surface area contributed by atoms with Crippen molar-refractivity contribution in [2.24, 2.45) is 11.8 Å². The lowest BCUT2D eigenvalue weighted by Crippen LogP contribution is -2.29. The molecule has 0 radical (unpaired) electrons. The smallest absolute Gasteiger partial charge is 0.132 e. The van der Waals surface area contributed by atoms with Gasteiger partial charge in [0.05, 0.1) is 0 Å². The van der Waals surface area contributed by atoms with E-state index in [-0.39, 0.29) is 0 Å². The monoisotopic (exact) mass is 289 g/mol. The summed E-state index contributed by atoms with van der Waals surface area (Å²) in [6.07, 6.45) is 8.93. The van der Waals surface area contributed by atoms with E-state index in [1.807, 2.05) is 12.3 Å². The maximum Gasteiger partial charge on any atom is 0.132 e. The van der Waals surface area contributed by atoms with Gasteiger partial charge in [0.1, 0.15) is 5.82 Å². The van der Waals surface area contributed by atoms with Gasteiger partial charge in [-0.15, -0.1) is 0 Å². The fraction of sp³-hybridized carbons (Fsp3) is 0.722. The zero-order chi connectivity index (χ0) is 15.1. The van der Waals surface area contributed by atoms with Gasteiger partial charge in [0, 0.05) is 31.9 Å². The van der Waals surface area contributed by atoms with Gasteiger partial charge in [-0.1, -0.05) is 39.2 Å². The molecule has 1 aliphatic carbocycles. The van der Waals surface area contributed by atoms with Crippen molar-refractivity contribution in [3.8, 4) is 0 Å². The van der Waals surface area contributed by atoms with Crippen molar-refractivity contribution < 1.29 is 0 Å². The lowest BCUT2D eigenvalue weighted by Gasteiger charge is -2.29. The number of anilines is 1. The van der Waals surface area contributed by atoms with Gasteiger partial charge >= 0.3 is 0 Å². The zero-order valence-electron chi connectivity index (χ0n) is 13.9. The number of hydrogen-bond donors (Lipinski definition) is 1. The Morgan fingerprint density at radius 2 is 2.05 bits per heavy atom. The number of rotatable bonds is 7. The second-order valence-corrected chi connectivity index (χ2v) is 6.90. The highest BCUT2D eigenvalue weighted by Crippen LogP contribution is 2.26. The van der Waals surface area contributed by atoms with E-state index < -0.39 is 0 Å². The summed E-state index contributed by atoms with van der Waals surface area (Å²) in [4.78, 5) is 6.99. The highest BCUT2D eigenvalue weighted by atomic mass is 15.2. The topological polar surface area (TPSA) is 28.2 Å². The van der Waals surface area contributed by atoms with Gasteiger partial charge in [-0.25, -0.2) is 4.98 Å². The number of hydrogen-bond acceptors (Lipinski definition) is 3. The minimum atomic E-state index is 0.685. The Balaban J connectivity index is 1.93. The SMILES string of the molecule is CC(C)CNCc1cccnc1N(C)CC1CCCCC1. The molecule has 1 aromatic rings. The van der Waals surface area contributed by atoms with Crippen molar-refractivity contribution in [2.45, 2.75) is 52.5 Å². The largest absolute Gasteiger partial charge is 0.359 e. The molecular weight excluding hydrogens is 258 g/mol. The van der Waals surface area contributed by atoms with Crippen LogP contribution in [0.15, 0.2) is 18.3 Å². The molecule has 1 N–H and O–H groups in total. The fourth-order valence-electron chi connectivity index (χ4n) is 3.25. The number of pyridine rings is 1. The normalized spacial score (nSPS) is 16.4. The van der Waals surface area contributed by atoms with E-state index in [2.05, 4.69) is 42.2 Å². The first-order valence-electron chi connectivity index (χ1n) is 8.52. The van der Waals surface area contributed by atoms with Crippen LogP contribution in [0, 0.1) is 11.8 Å². The zero-order valence-corrected chi connectivity index (χ0v) is 13.9. The minimum absolute atomic E-state index is 0.685. The standard InChI is InChI=1S/C18H31N3/c1-15(2)12-19-13-17-10-7-11-20-18(17)21(3)14-16-8-5-4-6-9-16/h7,10-11,15-16,19H,4-6,8-9,12-14H2,1-3H3. The summed E-state index contributed by atoms with van der Waals surface area (Å²) >= 11 is 0. The summed E-state index contributed by atoms with van der Waals surface area (Å²) in [6.45, 7) is 7.60. The molecule has 118 valence electrons. The second kappa shape index (κ2) is 8.38. The van der Waals surface area contributed by atoms with Crippen molar-refractivity contribution in [2.75, 3.05) is 25.0 Å². The molecule has 1 aromatic heterocycles. The summed E-state index contributed by atoms with van der Waals surface area (Å²) < 4.78 is 0. The lowest BCUT2D eigenvalue weighted by atomic mass is 9.89. The lowest BCUT2D eigenvalue weighted by molar-refractivity contribution is 0.361. The van der Waals surface area contributed by atoms with E-state index in [1.54, 1.807) is 0 Å². The van der Waals surface area contributed by atoms with Crippen LogP contribution in [0.2, 0.25) is 0 Å². The molecule has 0 amide bonds. The molecule has 1 saturated carbocycles. The van der Waals surface area contributed by atoms with E-state index in [0.29, 0.717) is 5.92 Å². The molecule has 0 aromatic carbocycles. The van der Waals surface area contributed by atoms with Crippen molar-refractivity contribution >= 4 is 5.82 Å². The van der Waals surface area contributed by atoms with Crippen LogP contribution >= 0.6 is 0 Å². The fourth-order valence-corrected chi connectivity index (χ4v) is 3.25. The third-order valence-corrected chi connectivity index (χ3v) is 4.35. The molecule has 1 aliphatic rings. The van der Waals surface area contributed by atoms with E-state index >= 15 is 0 Å². The first kappa shape index (κ1) is 16.3. The van der Waals surface area contributed by atoms with E-state index in [0.717, 1.165) is 31.4 Å². The molecule has 0 spiro atoms. The Labute approximate surface area is 130 Å². The Kier molecular flexibility index (Phi) is 6.50. The van der Waals surface area contributed by atoms with Crippen LogP contribution in [0.4, 0.5) is 5.82 Å². The van der Waals surface area contributed by atoms with Gasteiger partial charge in [-0.05, 0) is 37.3 Å². The Morgan fingerprint density at radius 3 is 2.76 bits per heavy atom.